The zero-order chi connectivity index (χ0) is 19.0. The Labute approximate surface area is 160 Å². The lowest BCUT2D eigenvalue weighted by Crippen LogP contribution is -2.43. The molecule has 27 heavy (non-hydrogen) atoms. The van der Waals surface area contributed by atoms with Gasteiger partial charge in [0.05, 0.1) is 11.6 Å². The number of amides is 2. The third kappa shape index (κ3) is 2.89. The van der Waals surface area contributed by atoms with Crippen LogP contribution in [0.25, 0.3) is 0 Å². The molecule has 3 aromatic rings. The molecule has 0 radical (unpaired) electrons. The van der Waals surface area contributed by atoms with E-state index >= 15 is 0 Å². The van der Waals surface area contributed by atoms with Crippen LogP contribution in [0.5, 0.6) is 0 Å². The van der Waals surface area contributed by atoms with Crippen LogP contribution in [0.2, 0.25) is 0 Å². The number of hydrogen-bond acceptors (Lipinski definition) is 1. The number of rotatable bonds is 3. The maximum atomic E-state index is 13.6. The normalized spacial score (nSPS) is 18.8. The zero-order valence-electron chi connectivity index (χ0n) is 16.0. The van der Waals surface area contributed by atoms with Gasteiger partial charge in [-0.1, -0.05) is 66.2 Å². The van der Waals surface area contributed by atoms with E-state index in [2.05, 4.69) is 45.0 Å². The quantitative estimate of drug-likeness (QED) is 0.568. The first kappa shape index (κ1) is 17.3. The number of para-hydroxylation sites is 2. The summed E-state index contributed by atoms with van der Waals surface area (Å²) in [4.78, 5) is 17.5. The Kier molecular flexibility index (Phi) is 4.23. The van der Waals surface area contributed by atoms with Crippen LogP contribution in [-0.4, -0.2) is 11.6 Å². The average molecular weight is 356 g/mol. The second-order valence-corrected chi connectivity index (χ2v) is 7.63. The van der Waals surface area contributed by atoms with Gasteiger partial charge in [-0.05, 0) is 50.6 Å². The molecule has 1 heterocycles. The van der Waals surface area contributed by atoms with Crippen molar-refractivity contribution in [2.75, 3.05) is 9.80 Å². The number of urea groups is 1. The highest BCUT2D eigenvalue weighted by Gasteiger charge is 2.53. The van der Waals surface area contributed by atoms with Crippen molar-refractivity contribution in [3.63, 3.8) is 0 Å². The van der Waals surface area contributed by atoms with Gasteiger partial charge in [-0.15, -0.1) is 0 Å². The van der Waals surface area contributed by atoms with Crippen molar-refractivity contribution in [2.45, 2.75) is 32.4 Å². The first-order valence-corrected chi connectivity index (χ1v) is 9.30. The Morgan fingerprint density at radius 1 is 0.778 bits per heavy atom. The summed E-state index contributed by atoms with van der Waals surface area (Å²) in [5.41, 5.74) is 3.77. The highest BCUT2D eigenvalue weighted by atomic mass is 16.2. The molecule has 3 heteroatoms. The van der Waals surface area contributed by atoms with Gasteiger partial charge in [0.15, 0.2) is 0 Å². The highest BCUT2D eigenvalue weighted by molar-refractivity contribution is 6.08. The molecular weight excluding hydrogens is 332 g/mol. The van der Waals surface area contributed by atoms with Crippen LogP contribution < -0.4 is 9.80 Å². The van der Waals surface area contributed by atoms with Gasteiger partial charge in [0, 0.05) is 11.4 Å². The molecule has 0 saturated carbocycles. The summed E-state index contributed by atoms with van der Waals surface area (Å²) >= 11 is 0. The predicted molar refractivity (Wildman–Crippen MR) is 111 cm³/mol. The van der Waals surface area contributed by atoms with Gasteiger partial charge in [-0.2, -0.15) is 0 Å². The van der Waals surface area contributed by atoms with Gasteiger partial charge in [0.1, 0.15) is 0 Å². The van der Waals surface area contributed by atoms with Crippen molar-refractivity contribution >= 4 is 17.4 Å². The summed E-state index contributed by atoms with van der Waals surface area (Å²) < 4.78 is 0. The van der Waals surface area contributed by atoms with E-state index in [4.69, 9.17) is 0 Å². The first-order valence-electron chi connectivity index (χ1n) is 9.30. The Morgan fingerprint density at radius 3 is 1.96 bits per heavy atom. The fraction of sp³-hybridized carbons (Fsp3) is 0.208. The number of benzene rings is 3. The minimum atomic E-state index is -0.415. The molecule has 1 aliphatic rings. The Balaban J connectivity index is 1.91. The van der Waals surface area contributed by atoms with Gasteiger partial charge in [-0.3, -0.25) is 9.80 Å². The van der Waals surface area contributed by atoms with E-state index in [9.17, 15) is 4.79 Å². The molecule has 0 spiro atoms. The molecule has 1 atom stereocenters. The van der Waals surface area contributed by atoms with E-state index in [0.717, 1.165) is 16.9 Å². The Morgan fingerprint density at radius 2 is 1.37 bits per heavy atom. The molecule has 4 rings (SSSR count). The summed E-state index contributed by atoms with van der Waals surface area (Å²) in [7, 11) is 0. The molecule has 3 nitrogen and oxygen atoms in total. The number of carbonyl (C=O) groups is 1. The minimum Gasteiger partial charge on any atom is -0.286 e. The number of hydrogen-bond donors (Lipinski definition) is 0. The summed E-state index contributed by atoms with van der Waals surface area (Å²) in [5.74, 6) is 0. The van der Waals surface area contributed by atoms with E-state index in [1.807, 2.05) is 70.5 Å². The third-order valence-corrected chi connectivity index (χ3v) is 5.31. The SMILES string of the molecule is Cc1cccc([C@@H]2N(c3ccccc3)C(=O)N(c3ccccc3)C2(C)C)c1. The summed E-state index contributed by atoms with van der Waals surface area (Å²) in [6, 6.07) is 28.3. The molecule has 0 aromatic heterocycles. The summed E-state index contributed by atoms with van der Waals surface area (Å²) in [6.07, 6.45) is 0. The van der Waals surface area contributed by atoms with Crippen molar-refractivity contribution in [1.29, 1.82) is 0 Å². The topological polar surface area (TPSA) is 23.6 Å². The first-order chi connectivity index (χ1) is 13.0. The molecule has 0 N–H and O–H groups in total. The molecule has 1 saturated heterocycles. The Bertz CT molecular complexity index is 950. The smallest absolute Gasteiger partial charge is 0.286 e. The fourth-order valence-electron chi connectivity index (χ4n) is 4.17. The van der Waals surface area contributed by atoms with Crippen LogP contribution in [0.3, 0.4) is 0 Å². The van der Waals surface area contributed by atoms with Crippen LogP contribution in [0, 0.1) is 6.92 Å². The van der Waals surface area contributed by atoms with Gasteiger partial charge >= 0.3 is 6.03 Å². The van der Waals surface area contributed by atoms with E-state index in [1.165, 1.54) is 5.56 Å². The predicted octanol–water partition coefficient (Wildman–Crippen LogP) is 5.96. The van der Waals surface area contributed by atoms with Gasteiger partial charge in [0.25, 0.3) is 0 Å². The van der Waals surface area contributed by atoms with Crippen LogP contribution in [0.1, 0.15) is 31.0 Å². The van der Waals surface area contributed by atoms with Crippen molar-refractivity contribution in [2.24, 2.45) is 0 Å². The van der Waals surface area contributed by atoms with Crippen molar-refractivity contribution in [3.8, 4) is 0 Å². The van der Waals surface area contributed by atoms with Gasteiger partial charge < -0.3 is 0 Å². The van der Waals surface area contributed by atoms with E-state index < -0.39 is 5.54 Å². The molecule has 0 unspecified atom stereocenters. The van der Waals surface area contributed by atoms with Gasteiger partial charge in [0.2, 0.25) is 0 Å². The monoisotopic (exact) mass is 356 g/mol. The maximum Gasteiger partial charge on any atom is 0.330 e. The lowest BCUT2D eigenvalue weighted by atomic mass is 9.87. The number of anilines is 2. The largest absolute Gasteiger partial charge is 0.330 e. The maximum absolute atomic E-state index is 13.6. The van der Waals surface area contributed by atoms with Crippen molar-refractivity contribution in [1.82, 2.24) is 0 Å². The molecule has 136 valence electrons. The average Bonchev–Trinajstić information content (AvgIpc) is 2.88. The lowest BCUT2D eigenvalue weighted by Gasteiger charge is -2.35. The molecular formula is C24H24N2O. The van der Waals surface area contributed by atoms with Crippen LogP contribution >= 0.6 is 0 Å². The van der Waals surface area contributed by atoms with Gasteiger partial charge in [-0.25, -0.2) is 4.79 Å². The molecule has 1 fully saturated rings. The lowest BCUT2D eigenvalue weighted by molar-refractivity contribution is 0.254. The summed E-state index contributed by atoms with van der Waals surface area (Å²) in [5, 5.41) is 0. The number of nitrogens with zero attached hydrogens (tertiary/aromatic N) is 2. The zero-order valence-corrected chi connectivity index (χ0v) is 16.0. The van der Waals surface area contributed by atoms with E-state index in [-0.39, 0.29) is 12.1 Å². The fourth-order valence-corrected chi connectivity index (χ4v) is 4.17. The Hall–Kier alpha value is -3.07. The number of aryl methyl sites for hydroxylation is 1. The van der Waals surface area contributed by atoms with Crippen molar-refractivity contribution < 1.29 is 4.79 Å². The molecule has 3 aromatic carbocycles. The molecule has 0 bridgehead atoms. The molecule has 2 amide bonds. The molecule has 1 aliphatic heterocycles. The van der Waals surface area contributed by atoms with E-state index in [0.29, 0.717) is 0 Å². The van der Waals surface area contributed by atoms with Crippen LogP contribution in [0.4, 0.5) is 16.2 Å². The summed E-state index contributed by atoms with van der Waals surface area (Å²) in [6.45, 7) is 6.39. The third-order valence-electron chi connectivity index (χ3n) is 5.31. The standard InChI is InChI=1S/C24H24N2O/c1-18-11-10-12-19(17-18)22-24(2,3)26(21-15-8-5-9-16-21)23(27)25(22)20-13-6-4-7-14-20/h4-17,22H,1-3H3/t22-/m0/s1. The minimum absolute atomic E-state index is 0.00362. The number of carbonyl (C=O) groups excluding carboxylic acids is 1. The van der Waals surface area contributed by atoms with E-state index in [1.54, 1.807) is 0 Å². The van der Waals surface area contributed by atoms with Crippen LogP contribution in [0.15, 0.2) is 84.9 Å². The van der Waals surface area contributed by atoms with Crippen LogP contribution in [-0.2, 0) is 0 Å². The molecule has 0 aliphatic carbocycles. The highest BCUT2D eigenvalue weighted by Crippen LogP contribution is 2.47. The van der Waals surface area contributed by atoms with Crippen molar-refractivity contribution in [3.05, 3.63) is 96.1 Å². The second kappa shape index (κ2) is 6.58. The second-order valence-electron chi connectivity index (χ2n) is 7.63.